The number of rotatable bonds is 5. The first kappa shape index (κ1) is 19.8. The molecule has 3 aromatic heterocycles. The number of carbonyl (C=O) groups is 1. The van der Waals surface area contributed by atoms with Crippen LogP contribution in [0.25, 0.3) is 5.65 Å². The highest BCUT2D eigenvalue weighted by molar-refractivity contribution is 5.95. The summed E-state index contributed by atoms with van der Waals surface area (Å²) in [5.74, 6) is -0.314. The van der Waals surface area contributed by atoms with E-state index in [1.165, 1.54) is 16.8 Å². The van der Waals surface area contributed by atoms with E-state index in [1.807, 2.05) is 0 Å². The Hall–Kier alpha value is -3.47. The third kappa shape index (κ3) is 3.71. The minimum atomic E-state index is -0.553. The average Bonchev–Trinajstić information content (AvgIpc) is 3.07. The Balaban J connectivity index is 1.80. The van der Waals surface area contributed by atoms with Crippen molar-refractivity contribution in [2.24, 2.45) is 0 Å². The van der Waals surface area contributed by atoms with Gasteiger partial charge in [-0.05, 0) is 13.0 Å². The number of pyridine rings is 1. The second kappa shape index (κ2) is 8.11. The van der Waals surface area contributed by atoms with Crippen LogP contribution in [0.1, 0.15) is 22.8 Å². The Morgan fingerprint density at radius 3 is 3.07 bits per heavy atom. The van der Waals surface area contributed by atoms with Crippen molar-refractivity contribution in [1.82, 2.24) is 19.6 Å². The molecule has 1 aliphatic rings. The number of aromatic amines is 1. The van der Waals surface area contributed by atoms with Gasteiger partial charge in [-0.1, -0.05) is 0 Å². The maximum Gasteiger partial charge on any atom is 0.343 e. The lowest BCUT2D eigenvalue weighted by molar-refractivity contribution is 0.0528. The second-order valence-corrected chi connectivity index (χ2v) is 6.70. The van der Waals surface area contributed by atoms with Crippen molar-refractivity contribution in [2.45, 2.75) is 19.6 Å². The number of hydrogen-bond donors (Lipinski definition) is 1. The molecule has 0 spiro atoms. The van der Waals surface area contributed by atoms with Crippen molar-refractivity contribution in [3.8, 4) is 5.75 Å². The standard InChI is InChI=1S/C19H20FN5O5/c1-3-29-19(27)14-6-22-25-9-15-17(23-16(14)25)24(8-13(28-2)10-30-15)7-11-4-12(20)5-21-18(11)26/h4-6,9,13H,3,7-8,10H2,1-2H3,(H,21,26)/t13-/m0/s1. The number of methoxy groups -OCH3 is 1. The lowest BCUT2D eigenvalue weighted by Gasteiger charge is -2.24. The summed E-state index contributed by atoms with van der Waals surface area (Å²) in [6.45, 7) is 2.58. The van der Waals surface area contributed by atoms with Crippen LogP contribution in [-0.4, -0.2) is 58.5 Å². The maximum absolute atomic E-state index is 13.7. The smallest absolute Gasteiger partial charge is 0.343 e. The van der Waals surface area contributed by atoms with Gasteiger partial charge in [0.1, 0.15) is 24.1 Å². The molecule has 4 heterocycles. The first-order valence-corrected chi connectivity index (χ1v) is 9.33. The summed E-state index contributed by atoms with van der Waals surface area (Å²) in [5.41, 5.74) is 0.300. The van der Waals surface area contributed by atoms with Gasteiger partial charge in [0.15, 0.2) is 17.2 Å². The topological polar surface area (TPSA) is 111 Å². The minimum absolute atomic E-state index is 0.0648. The van der Waals surface area contributed by atoms with Crippen LogP contribution in [0.2, 0.25) is 0 Å². The Morgan fingerprint density at radius 1 is 1.47 bits per heavy atom. The SMILES string of the molecule is CCOC(=O)c1cnn2cc3c(nc12)N(Cc1cc(F)c[nH]c1=O)C[C@H](OC)CO3. The van der Waals surface area contributed by atoms with E-state index in [1.54, 1.807) is 25.1 Å². The van der Waals surface area contributed by atoms with Crippen LogP contribution < -0.4 is 15.2 Å². The zero-order valence-electron chi connectivity index (χ0n) is 16.4. The molecule has 11 heteroatoms. The van der Waals surface area contributed by atoms with Crippen molar-refractivity contribution in [3.63, 3.8) is 0 Å². The van der Waals surface area contributed by atoms with Gasteiger partial charge in [-0.25, -0.2) is 18.7 Å². The van der Waals surface area contributed by atoms with Crippen molar-refractivity contribution in [2.75, 3.05) is 31.8 Å². The summed E-state index contributed by atoms with van der Waals surface area (Å²) in [4.78, 5) is 33.1. The molecule has 0 aromatic carbocycles. The summed E-state index contributed by atoms with van der Waals surface area (Å²) in [6, 6.07) is 1.17. The molecule has 158 valence electrons. The number of carbonyl (C=O) groups excluding carboxylic acids is 1. The fourth-order valence-corrected chi connectivity index (χ4v) is 3.24. The highest BCUT2D eigenvalue weighted by Gasteiger charge is 2.27. The third-order valence-corrected chi connectivity index (χ3v) is 4.72. The number of halogens is 1. The Labute approximate surface area is 170 Å². The number of ether oxygens (including phenoxy) is 3. The Kier molecular flexibility index (Phi) is 5.36. The molecule has 0 fully saturated rings. The van der Waals surface area contributed by atoms with Gasteiger partial charge in [-0.15, -0.1) is 0 Å². The van der Waals surface area contributed by atoms with Crippen LogP contribution >= 0.6 is 0 Å². The lowest BCUT2D eigenvalue weighted by Crippen LogP contribution is -2.36. The van der Waals surface area contributed by atoms with E-state index < -0.39 is 17.3 Å². The molecule has 0 amide bonds. The van der Waals surface area contributed by atoms with E-state index >= 15 is 0 Å². The highest BCUT2D eigenvalue weighted by Crippen LogP contribution is 2.31. The first-order chi connectivity index (χ1) is 14.5. The molecule has 0 bridgehead atoms. The molecule has 10 nitrogen and oxygen atoms in total. The van der Waals surface area contributed by atoms with Crippen molar-refractivity contribution < 1.29 is 23.4 Å². The Morgan fingerprint density at radius 2 is 2.30 bits per heavy atom. The number of H-pyrrole nitrogens is 1. The van der Waals surface area contributed by atoms with Gasteiger partial charge in [-0.2, -0.15) is 5.10 Å². The van der Waals surface area contributed by atoms with Crippen molar-refractivity contribution in [1.29, 1.82) is 0 Å². The number of esters is 1. The number of aromatic nitrogens is 4. The van der Waals surface area contributed by atoms with E-state index in [0.29, 0.717) is 18.1 Å². The van der Waals surface area contributed by atoms with E-state index in [-0.39, 0.29) is 42.6 Å². The number of nitrogens with one attached hydrogen (secondary N) is 1. The summed E-state index contributed by atoms with van der Waals surface area (Å²) in [6.07, 6.45) is 3.66. The van der Waals surface area contributed by atoms with Gasteiger partial charge in [0.05, 0.1) is 25.5 Å². The first-order valence-electron chi connectivity index (χ1n) is 9.33. The van der Waals surface area contributed by atoms with Crippen LogP contribution in [0.5, 0.6) is 5.75 Å². The molecule has 1 atom stereocenters. The summed E-state index contributed by atoms with van der Waals surface area (Å²) in [5, 5.41) is 4.15. The quantitative estimate of drug-likeness (QED) is 0.616. The predicted octanol–water partition coefficient (Wildman–Crippen LogP) is 1.15. The fraction of sp³-hybridized carbons (Fsp3) is 0.368. The average molecular weight is 417 g/mol. The molecule has 0 unspecified atom stereocenters. The molecule has 1 aliphatic heterocycles. The van der Waals surface area contributed by atoms with Crippen LogP contribution in [-0.2, 0) is 16.0 Å². The van der Waals surface area contributed by atoms with Crippen LogP contribution in [0.15, 0.2) is 29.5 Å². The molecule has 1 N–H and O–H groups in total. The summed E-state index contributed by atoms with van der Waals surface area (Å²) >= 11 is 0. The second-order valence-electron chi connectivity index (χ2n) is 6.70. The minimum Gasteiger partial charge on any atom is -0.485 e. The van der Waals surface area contributed by atoms with Crippen molar-refractivity contribution >= 4 is 17.4 Å². The number of anilines is 1. The fourth-order valence-electron chi connectivity index (χ4n) is 3.24. The van der Waals surface area contributed by atoms with Gasteiger partial charge in [0.2, 0.25) is 0 Å². The van der Waals surface area contributed by atoms with E-state index in [4.69, 9.17) is 14.2 Å². The normalized spacial score (nSPS) is 16.1. The highest BCUT2D eigenvalue weighted by atomic mass is 19.1. The van der Waals surface area contributed by atoms with E-state index in [2.05, 4.69) is 15.1 Å². The molecule has 0 saturated carbocycles. The van der Waals surface area contributed by atoms with Gasteiger partial charge in [-0.3, -0.25) is 4.79 Å². The van der Waals surface area contributed by atoms with Gasteiger partial charge >= 0.3 is 5.97 Å². The van der Waals surface area contributed by atoms with Gasteiger partial charge < -0.3 is 24.1 Å². The van der Waals surface area contributed by atoms with Crippen molar-refractivity contribution in [3.05, 3.63) is 52.0 Å². The third-order valence-electron chi connectivity index (χ3n) is 4.72. The lowest BCUT2D eigenvalue weighted by atomic mass is 10.2. The number of fused-ring (bicyclic) bond motifs is 2. The summed E-state index contributed by atoms with van der Waals surface area (Å²) in [7, 11) is 1.55. The van der Waals surface area contributed by atoms with Crippen LogP contribution in [0.4, 0.5) is 10.2 Å². The maximum atomic E-state index is 13.7. The van der Waals surface area contributed by atoms with E-state index in [0.717, 1.165) is 6.20 Å². The molecular formula is C19H20FN5O5. The molecule has 0 saturated heterocycles. The Bertz CT molecular complexity index is 1140. The number of nitrogens with zero attached hydrogens (tertiary/aromatic N) is 4. The molecular weight excluding hydrogens is 397 g/mol. The largest absolute Gasteiger partial charge is 0.485 e. The van der Waals surface area contributed by atoms with Gasteiger partial charge in [0, 0.05) is 25.4 Å². The summed E-state index contributed by atoms with van der Waals surface area (Å²) < 4.78 is 31.5. The molecule has 30 heavy (non-hydrogen) atoms. The molecule has 0 radical (unpaired) electrons. The molecule has 3 aromatic rings. The zero-order valence-corrected chi connectivity index (χ0v) is 16.4. The van der Waals surface area contributed by atoms with Gasteiger partial charge in [0.25, 0.3) is 5.56 Å². The van der Waals surface area contributed by atoms with Crippen LogP contribution in [0.3, 0.4) is 0 Å². The van der Waals surface area contributed by atoms with E-state index in [9.17, 15) is 14.0 Å². The molecule has 0 aliphatic carbocycles. The van der Waals surface area contributed by atoms with Crippen LogP contribution in [0, 0.1) is 5.82 Å². The number of hydrogen-bond acceptors (Lipinski definition) is 8. The monoisotopic (exact) mass is 417 g/mol. The molecule has 4 rings (SSSR count). The predicted molar refractivity (Wildman–Crippen MR) is 103 cm³/mol. The zero-order chi connectivity index (χ0) is 21.3.